The number of rotatable bonds is 6. The van der Waals surface area contributed by atoms with Crippen LogP contribution in [0, 0.1) is 5.92 Å². The Kier molecular flexibility index (Phi) is 8.59. The molecular weight excluding hydrogens is 389 g/mol. The van der Waals surface area contributed by atoms with Crippen LogP contribution < -0.4 is 0 Å². The first-order valence-corrected chi connectivity index (χ1v) is 9.32. The van der Waals surface area contributed by atoms with Crippen molar-refractivity contribution >= 4 is 5.97 Å². The molecule has 1 saturated heterocycles. The van der Waals surface area contributed by atoms with Crippen LogP contribution >= 0.6 is 0 Å². The van der Waals surface area contributed by atoms with Crippen LogP contribution in [0.1, 0.15) is 18.4 Å². The van der Waals surface area contributed by atoms with Crippen LogP contribution in [0.25, 0.3) is 0 Å². The number of piperidine rings is 1. The number of halogens is 3. The molecule has 3 rings (SSSR count). The number of nitrogens with zero attached hydrogens (tertiary/aromatic N) is 4. The molecule has 1 aromatic heterocycles. The molecule has 0 aliphatic carbocycles. The van der Waals surface area contributed by atoms with Crippen molar-refractivity contribution in [1.29, 1.82) is 0 Å². The zero-order chi connectivity index (χ0) is 21.3. The van der Waals surface area contributed by atoms with Gasteiger partial charge in [-0.05, 0) is 43.8 Å². The number of hydrogen-bond donors (Lipinski definition) is 2. The molecule has 2 heterocycles. The molecule has 1 fully saturated rings. The fraction of sp³-hybridized carbons (Fsp3) is 0.526. The van der Waals surface area contributed by atoms with E-state index in [1.54, 1.807) is 12.7 Å². The van der Waals surface area contributed by atoms with Gasteiger partial charge >= 0.3 is 12.1 Å². The zero-order valence-corrected chi connectivity index (χ0v) is 15.9. The van der Waals surface area contributed by atoms with Gasteiger partial charge in [-0.15, -0.1) is 0 Å². The molecule has 1 unspecified atom stereocenters. The summed E-state index contributed by atoms with van der Waals surface area (Å²) in [5.41, 5.74) is 1.23. The highest BCUT2D eigenvalue weighted by molar-refractivity contribution is 5.73. The van der Waals surface area contributed by atoms with Crippen LogP contribution in [0.3, 0.4) is 0 Å². The largest absolute Gasteiger partial charge is 0.490 e. The average Bonchev–Trinajstić information content (AvgIpc) is 3.21. The second-order valence-corrected chi connectivity index (χ2v) is 6.90. The number of aliphatic carboxylic acids is 1. The number of aliphatic hydroxyl groups excluding tert-OH is 1. The maximum atomic E-state index is 10.6. The summed E-state index contributed by atoms with van der Waals surface area (Å²) in [5.74, 6) is -2.34. The second-order valence-electron chi connectivity index (χ2n) is 6.90. The monoisotopic (exact) mass is 414 g/mol. The molecule has 2 N–H and O–H groups in total. The number of aliphatic hydroxyl groups is 1. The molecule has 7 nitrogen and oxygen atoms in total. The van der Waals surface area contributed by atoms with Crippen molar-refractivity contribution < 1.29 is 28.2 Å². The van der Waals surface area contributed by atoms with E-state index in [2.05, 4.69) is 27.1 Å². The SMILES string of the molecule is O=C(O)C(F)(F)F.OC(Cc1ccccc1)C1CCN(CCn2cncn2)CC1. The van der Waals surface area contributed by atoms with Crippen molar-refractivity contribution in [2.75, 3.05) is 19.6 Å². The molecule has 1 aliphatic rings. The van der Waals surface area contributed by atoms with Gasteiger partial charge in [-0.3, -0.25) is 4.68 Å². The molecule has 1 aromatic carbocycles. The van der Waals surface area contributed by atoms with E-state index in [1.807, 2.05) is 22.9 Å². The van der Waals surface area contributed by atoms with Crippen LogP contribution in [0.5, 0.6) is 0 Å². The summed E-state index contributed by atoms with van der Waals surface area (Å²) in [4.78, 5) is 15.3. The van der Waals surface area contributed by atoms with E-state index in [0.29, 0.717) is 5.92 Å². The Bertz CT molecular complexity index is 718. The molecule has 160 valence electrons. The van der Waals surface area contributed by atoms with Gasteiger partial charge in [-0.2, -0.15) is 18.3 Å². The number of alkyl halides is 3. The highest BCUT2D eigenvalue weighted by atomic mass is 19.4. The first-order chi connectivity index (χ1) is 13.8. The molecule has 10 heteroatoms. The smallest absolute Gasteiger partial charge is 0.475 e. The van der Waals surface area contributed by atoms with Gasteiger partial charge in [0.25, 0.3) is 0 Å². The molecule has 0 spiro atoms. The number of benzene rings is 1. The lowest BCUT2D eigenvalue weighted by atomic mass is 9.88. The van der Waals surface area contributed by atoms with E-state index in [1.165, 1.54) is 5.56 Å². The van der Waals surface area contributed by atoms with Crippen molar-refractivity contribution in [3.05, 3.63) is 48.5 Å². The predicted octanol–water partition coefficient (Wildman–Crippen LogP) is 2.23. The summed E-state index contributed by atoms with van der Waals surface area (Å²) in [7, 11) is 0. The molecule has 0 radical (unpaired) electrons. The van der Waals surface area contributed by atoms with Crippen molar-refractivity contribution in [3.8, 4) is 0 Å². The van der Waals surface area contributed by atoms with E-state index in [9.17, 15) is 18.3 Å². The average molecular weight is 414 g/mol. The van der Waals surface area contributed by atoms with Crippen molar-refractivity contribution in [2.45, 2.75) is 38.1 Å². The first-order valence-electron chi connectivity index (χ1n) is 9.32. The highest BCUT2D eigenvalue weighted by Gasteiger charge is 2.38. The minimum atomic E-state index is -5.08. The summed E-state index contributed by atoms with van der Waals surface area (Å²) in [6.45, 7) is 4.01. The minimum absolute atomic E-state index is 0.222. The summed E-state index contributed by atoms with van der Waals surface area (Å²) in [5, 5.41) is 21.7. The standard InChI is InChI=1S/C17H24N4O.C2HF3O2/c22-17(12-15-4-2-1-3-5-15)16-6-8-20(9-7-16)10-11-21-14-18-13-19-21;3-2(4,5)1(6)7/h1-5,13-14,16-17,22H,6-12H2;(H,6,7). The third kappa shape index (κ3) is 8.20. The molecular formula is C19H25F3N4O3. The number of hydrogen-bond acceptors (Lipinski definition) is 5. The van der Waals surface area contributed by atoms with Crippen LogP contribution in [-0.2, 0) is 17.8 Å². The molecule has 29 heavy (non-hydrogen) atoms. The number of aromatic nitrogens is 3. The Balaban J connectivity index is 0.000000370. The Morgan fingerprint density at radius 2 is 1.79 bits per heavy atom. The molecule has 0 amide bonds. The van der Waals surface area contributed by atoms with Gasteiger partial charge in [0, 0.05) is 6.54 Å². The molecule has 1 atom stereocenters. The van der Waals surface area contributed by atoms with Gasteiger partial charge in [0.1, 0.15) is 12.7 Å². The quantitative estimate of drug-likeness (QED) is 0.753. The summed E-state index contributed by atoms with van der Waals surface area (Å²) < 4.78 is 33.6. The van der Waals surface area contributed by atoms with E-state index in [0.717, 1.165) is 45.4 Å². The molecule has 0 saturated carbocycles. The fourth-order valence-corrected chi connectivity index (χ4v) is 3.18. The number of likely N-dealkylation sites (tertiary alicyclic amines) is 1. The highest BCUT2D eigenvalue weighted by Crippen LogP contribution is 2.23. The van der Waals surface area contributed by atoms with Crippen LogP contribution in [0.2, 0.25) is 0 Å². The first kappa shape index (κ1) is 22.8. The summed E-state index contributed by atoms with van der Waals surface area (Å²) in [6.07, 6.45) is 0.948. The predicted molar refractivity (Wildman–Crippen MR) is 99.0 cm³/mol. The Labute approximate surface area is 166 Å². The van der Waals surface area contributed by atoms with Gasteiger partial charge in [0.15, 0.2) is 0 Å². The van der Waals surface area contributed by atoms with E-state index < -0.39 is 12.1 Å². The Morgan fingerprint density at radius 1 is 1.17 bits per heavy atom. The minimum Gasteiger partial charge on any atom is -0.475 e. The van der Waals surface area contributed by atoms with Crippen LogP contribution in [-0.4, -0.2) is 67.8 Å². The second kappa shape index (κ2) is 10.9. The lowest BCUT2D eigenvalue weighted by Crippen LogP contribution is -2.39. The molecule has 1 aliphatic heterocycles. The maximum Gasteiger partial charge on any atom is 0.490 e. The summed E-state index contributed by atoms with van der Waals surface area (Å²) >= 11 is 0. The van der Waals surface area contributed by atoms with Crippen LogP contribution in [0.15, 0.2) is 43.0 Å². The third-order valence-corrected chi connectivity index (χ3v) is 4.82. The third-order valence-electron chi connectivity index (χ3n) is 4.82. The van der Waals surface area contributed by atoms with E-state index >= 15 is 0 Å². The van der Waals surface area contributed by atoms with Gasteiger partial charge in [0.05, 0.1) is 12.6 Å². The Hall–Kier alpha value is -2.46. The Morgan fingerprint density at radius 3 is 2.31 bits per heavy atom. The fourth-order valence-electron chi connectivity index (χ4n) is 3.18. The number of carbonyl (C=O) groups is 1. The lowest BCUT2D eigenvalue weighted by Gasteiger charge is -2.34. The van der Waals surface area contributed by atoms with Crippen molar-refractivity contribution in [2.24, 2.45) is 5.92 Å². The number of carboxylic acids is 1. The number of carboxylic acid groups (broad SMARTS) is 1. The van der Waals surface area contributed by atoms with Gasteiger partial charge in [0.2, 0.25) is 0 Å². The zero-order valence-electron chi connectivity index (χ0n) is 15.9. The maximum absolute atomic E-state index is 10.6. The van der Waals surface area contributed by atoms with Crippen LogP contribution in [0.4, 0.5) is 13.2 Å². The normalized spacial score (nSPS) is 16.7. The van der Waals surface area contributed by atoms with Gasteiger partial charge < -0.3 is 15.1 Å². The van der Waals surface area contributed by atoms with E-state index in [-0.39, 0.29) is 6.10 Å². The molecule has 2 aromatic rings. The van der Waals surface area contributed by atoms with E-state index in [4.69, 9.17) is 9.90 Å². The lowest BCUT2D eigenvalue weighted by molar-refractivity contribution is -0.192. The summed E-state index contributed by atoms with van der Waals surface area (Å²) in [6, 6.07) is 10.3. The van der Waals surface area contributed by atoms with Crippen molar-refractivity contribution in [1.82, 2.24) is 19.7 Å². The van der Waals surface area contributed by atoms with Gasteiger partial charge in [-0.1, -0.05) is 30.3 Å². The topological polar surface area (TPSA) is 91.5 Å². The van der Waals surface area contributed by atoms with Gasteiger partial charge in [-0.25, -0.2) is 9.78 Å². The van der Waals surface area contributed by atoms with Crippen molar-refractivity contribution in [3.63, 3.8) is 0 Å². The molecule has 0 bridgehead atoms.